The quantitative estimate of drug-likeness (QED) is 0.891. The van der Waals surface area contributed by atoms with Crippen LogP contribution in [0.1, 0.15) is 32.9 Å². The van der Waals surface area contributed by atoms with E-state index in [4.69, 9.17) is 4.74 Å². The van der Waals surface area contributed by atoms with Gasteiger partial charge in [0, 0.05) is 37.9 Å². The molecule has 128 valence electrons. The number of nitrogens with one attached hydrogen (secondary N) is 1. The van der Waals surface area contributed by atoms with Gasteiger partial charge in [0.2, 0.25) is 5.95 Å². The predicted octanol–water partition coefficient (Wildman–Crippen LogP) is 1.64. The van der Waals surface area contributed by atoms with E-state index in [1.807, 2.05) is 4.90 Å². The Morgan fingerprint density at radius 1 is 1.35 bits per heavy atom. The van der Waals surface area contributed by atoms with Crippen molar-refractivity contribution in [3.8, 4) is 0 Å². The third kappa shape index (κ3) is 4.97. The minimum Gasteiger partial charge on any atom is -0.450 e. The van der Waals surface area contributed by atoms with Crippen LogP contribution >= 0.6 is 0 Å². The Kier molecular flexibility index (Phi) is 6.01. The standard InChI is InChI=1S/C16H26N4O3/c1-4-23-16(22)20-9-7-19(8-10-20)15-17-13(6-5-12(2)3)11-14(21)18-15/h11-12H,4-10H2,1-3H3,(H,17,18,21). The zero-order valence-corrected chi connectivity index (χ0v) is 14.2. The maximum Gasteiger partial charge on any atom is 0.409 e. The van der Waals surface area contributed by atoms with Crippen LogP contribution in [0.2, 0.25) is 0 Å². The van der Waals surface area contributed by atoms with Crippen LogP contribution in [0.5, 0.6) is 0 Å². The van der Waals surface area contributed by atoms with E-state index in [0.29, 0.717) is 44.7 Å². The third-order valence-electron chi connectivity index (χ3n) is 3.87. The molecule has 1 aliphatic heterocycles. The zero-order valence-electron chi connectivity index (χ0n) is 14.2. The van der Waals surface area contributed by atoms with Gasteiger partial charge in [-0.3, -0.25) is 9.78 Å². The second kappa shape index (κ2) is 7.99. The molecule has 1 saturated heterocycles. The molecule has 0 aromatic carbocycles. The molecular formula is C16H26N4O3. The number of carbonyl (C=O) groups is 1. The summed E-state index contributed by atoms with van der Waals surface area (Å²) >= 11 is 0. The number of amides is 1. The molecule has 1 aromatic heterocycles. The largest absolute Gasteiger partial charge is 0.450 e. The summed E-state index contributed by atoms with van der Waals surface area (Å²) in [6, 6.07) is 1.57. The summed E-state index contributed by atoms with van der Waals surface area (Å²) in [4.78, 5) is 34.6. The molecule has 0 unspecified atom stereocenters. The Hall–Kier alpha value is -2.05. The summed E-state index contributed by atoms with van der Waals surface area (Å²) in [6.45, 7) is 8.89. The van der Waals surface area contributed by atoms with Crippen LogP contribution in [0.4, 0.5) is 10.7 Å². The van der Waals surface area contributed by atoms with Crippen molar-refractivity contribution < 1.29 is 9.53 Å². The number of H-pyrrole nitrogens is 1. The molecule has 0 bridgehead atoms. The highest BCUT2D eigenvalue weighted by atomic mass is 16.6. The van der Waals surface area contributed by atoms with E-state index in [2.05, 4.69) is 23.8 Å². The molecule has 0 aliphatic carbocycles. The number of nitrogens with zero attached hydrogens (tertiary/aromatic N) is 3. The second-order valence-electron chi connectivity index (χ2n) is 6.17. The van der Waals surface area contributed by atoms with Gasteiger partial charge >= 0.3 is 6.09 Å². The minimum absolute atomic E-state index is 0.124. The fraction of sp³-hybridized carbons (Fsp3) is 0.688. The minimum atomic E-state index is -0.278. The molecule has 7 nitrogen and oxygen atoms in total. The van der Waals surface area contributed by atoms with Gasteiger partial charge in [0.1, 0.15) is 0 Å². The normalized spacial score (nSPS) is 15.1. The number of aromatic nitrogens is 2. The lowest BCUT2D eigenvalue weighted by atomic mass is 10.1. The molecule has 23 heavy (non-hydrogen) atoms. The fourth-order valence-corrected chi connectivity index (χ4v) is 2.52. The number of hydrogen-bond acceptors (Lipinski definition) is 5. The molecule has 2 heterocycles. The summed E-state index contributed by atoms with van der Waals surface area (Å²) < 4.78 is 5.01. The molecule has 0 saturated carbocycles. The smallest absolute Gasteiger partial charge is 0.409 e. The third-order valence-corrected chi connectivity index (χ3v) is 3.87. The lowest BCUT2D eigenvalue weighted by molar-refractivity contribution is 0.105. The molecule has 1 N–H and O–H groups in total. The van der Waals surface area contributed by atoms with E-state index in [-0.39, 0.29) is 11.7 Å². The van der Waals surface area contributed by atoms with Crippen LogP contribution in [-0.4, -0.2) is 53.7 Å². The topological polar surface area (TPSA) is 78.5 Å². The van der Waals surface area contributed by atoms with E-state index in [1.165, 1.54) is 0 Å². The van der Waals surface area contributed by atoms with Crippen molar-refractivity contribution in [1.82, 2.24) is 14.9 Å². The lowest BCUT2D eigenvalue weighted by Gasteiger charge is -2.34. The highest BCUT2D eigenvalue weighted by molar-refractivity contribution is 5.68. The number of aromatic amines is 1. The van der Waals surface area contributed by atoms with E-state index in [1.54, 1.807) is 17.9 Å². The first-order valence-electron chi connectivity index (χ1n) is 8.26. The Morgan fingerprint density at radius 2 is 2.04 bits per heavy atom. The van der Waals surface area contributed by atoms with Crippen molar-refractivity contribution in [3.05, 3.63) is 22.1 Å². The van der Waals surface area contributed by atoms with E-state index >= 15 is 0 Å². The zero-order chi connectivity index (χ0) is 16.8. The summed E-state index contributed by atoms with van der Waals surface area (Å²) in [7, 11) is 0. The molecule has 0 spiro atoms. The van der Waals surface area contributed by atoms with Crippen LogP contribution in [0, 0.1) is 5.92 Å². The van der Waals surface area contributed by atoms with Crippen molar-refractivity contribution in [2.24, 2.45) is 5.92 Å². The average Bonchev–Trinajstić information content (AvgIpc) is 2.53. The van der Waals surface area contributed by atoms with Gasteiger partial charge in [-0.15, -0.1) is 0 Å². The van der Waals surface area contributed by atoms with Crippen molar-refractivity contribution >= 4 is 12.0 Å². The summed E-state index contributed by atoms with van der Waals surface area (Å²) in [6.07, 6.45) is 1.53. The summed E-state index contributed by atoms with van der Waals surface area (Å²) in [5.74, 6) is 1.17. The molecule has 7 heteroatoms. The first kappa shape index (κ1) is 17.3. The number of ether oxygens (including phenoxy) is 1. The molecule has 1 aliphatic rings. The van der Waals surface area contributed by atoms with Crippen LogP contribution in [-0.2, 0) is 11.2 Å². The number of anilines is 1. The Morgan fingerprint density at radius 3 is 2.65 bits per heavy atom. The van der Waals surface area contributed by atoms with Gasteiger partial charge in [-0.25, -0.2) is 9.78 Å². The first-order valence-corrected chi connectivity index (χ1v) is 8.26. The highest BCUT2D eigenvalue weighted by Gasteiger charge is 2.23. The van der Waals surface area contributed by atoms with E-state index < -0.39 is 0 Å². The molecule has 0 atom stereocenters. The molecule has 0 radical (unpaired) electrons. The predicted molar refractivity (Wildman–Crippen MR) is 88.8 cm³/mol. The van der Waals surface area contributed by atoms with E-state index in [0.717, 1.165) is 18.5 Å². The maximum atomic E-state index is 11.8. The molecule has 1 amide bonds. The number of aryl methyl sites for hydroxylation is 1. The van der Waals surface area contributed by atoms with E-state index in [9.17, 15) is 9.59 Å². The summed E-state index contributed by atoms with van der Waals surface area (Å²) in [5, 5.41) is 0. The first-order chi connectivity index (χ1) is 11.0. The SMILES string of the molecule is CCOC(=O)N1CCN(c2nc(CCC(C)C)cc(=O)[nH]2)CC1. The second-order valence-corrected chi connectivity index (χ2v) is 6.17. The van der Waals surface area contributed by atoms with Crippen LogP contribution in [0.25, 0.3) is 0 Å². The Labute approximate surface area is 136 Å². The monoisotopic (exact) mass is 322 g/mol. The Bertz CT molecular complexity index is 577. The number of hydrogen-bond donors (Lipinski definition) is 1. The molecule has 2 rings (SSSR count). The molecular weight excluding hydrogens is 296 g/mol. The van der Waals surface area contributed by atoms with Gasteiger partial charge in [-0.05, 0) is 25.7 Å². The van der Waals surface area contributed by atoms with Gasteiger partial charge in [0.05, 0.1) is 6.61 Å². The number of rotatable bonds is 5. The van der Waals surface area contributed by atoms with Gasteiger partial charge in [-0.1, -0.05) is 13.8 Å². The van der Waals surface area contributed by atoms with Crippen molar-refractivity contribution in [2.75, 3.05) is 37.7 Å². The van der Waals surface area contributed by atoms with Crippen molar-refractivity contribution in [2.45, 2.75) is 33.6 Å². The van der Waals surface area contributed by atoms with Crippen LogP contribution < -0.4 is 10.5 Å². The number of piperazine rings is 1. The van der Waals surface area contributed by atoms with Gasteiger partial charge in [0.25, 0.3) is 5.56 Å². The van der Waals surface area contributed by atoms with Crippen LogP contribution in [0.15, 0.2) is 10.9 Å². The van der Waals surface area contributed by atoms with Crippen molar-refractivity contribution in [1.29, 1.82) is 0 Å². The highest BCUT2D eigenvalue weighted by Crippen LogP contribution is 2.12. The van der Waals surface area contributed by atoms with Gasteiger partial charge in [-0.2, -0.15) is 0 Å². The van der Waals surface area contributed by atoms with Crippen molar-refractivity contribution in [3.63, 3.8) is 0 Å². The Balaban J connectivity index is 2.00. The number of carbonyl (C=O) groups excluding carboxylic acids is 1. The molecule has 1 aromatic rings. The lowest BCUT2D eigenvalue weighted by Crippen LogP contribution is -2.49. The van der Waals surface area contributed by atoms with Gasteiger partial charge < -0.3 is 14.5 Å². The van der Waals surface area contributed by atoms with Gasteiger partial charge in [0.15, 0.2) is 0 Å². The maximum absolute atomic E-state index is 11.8. The average molecular weight is 322 g/mol. The molecule has 1 fully saturated rings. The van der Waals surface area contributed by atoms with Crippen LogP contribution in [0.3, 0.4) is 0 Å². The fourth-order valence-electron chi connectivity index (χ4n) is 2.52. The summed E-state index contributed by atoms with van der Waals surface area (Å²) in [5.41, 5.74) is 0.701.